The van der Waals surface area contributed by atoms with E-state index in [4.69, 9.17) is 25.3 Å². The van der Waals surface area contributed by atoms with E-state index in [1.54, 1.807) is 60.3 Å². The second-order valence-corrected chi connectivity index (χ2v) is 6.45. The zero-order chi connectivity index (χ0) is 20.4. The molecule has 0 N–H and O–H groups in total. The molecule has 0 saturated heterocycles. The van der Waals surface area contributed by atoms with Crippen LogP contribution in [-0.2, 0) is 11.3 Å². The van der Waals surface area contributed by atoms with Crippen LogP contribution in [0.5, 0.6) is 0 Å². The number of aryl methyl sites for hydroxylation is 1. The zero-order valence-corrected chi connectivity index (χ0v) is 15.9. The second-order valence-electron chi connectivity index (χ2n) is 6.01. The molecule has 0 unspecified atom stereocenters. The minimum Gasteiger partial charge on any atom is -0.452 e. The predicted octanol–water partition coefficient (Wildman–Crippen LogP) is 4.31. The Morgan fingerprint density at radius 1 is 1.31 bits per heavy atom. The van der Waals surface area contributed by atoms with Gasteiger partial charge in [-0.1, -0.05) is 28.9 Å². The molecule has 0 fully saturated rings. The highest BCUT2D eigenvalue weighted by atomic mass is 35.5. The minimum absolute atomic E-state index is 0.0609. The van der Waals surface area contributed by atoms with Gasteiger partial charge in [-0.15, -0.1) is 0 Å². The summed E-state index contributed by atoms with van der Waals surface area (Å²) in [6.07, 6.45) is 3.42. The van der Waals surface area contributed by atoms with E-state index in [-0.39, 0.29) is 35.3 Å². The Hall–Kier alpha value is -3.83. The highest BCUT2D eigenvalue weighted by molar-refractivity contribution is 6.30. The van der Waals surface area contributed by atoms with Crippen molar-refractivity contribution in [2.75, 3.05) is 0 Å². The van der Waals surface area contributed by atoms with Gasteiger partial charge in [0, 0.05) is 23.0 Å². The van der Waals surface area contributed by atoms with Crippen LogP contribution >= 0.6 is 11.6 Å². The van der Waals surface area contributed by atoms with Gasteiger partial charge in [-0.25, -0.2) is 4.79 Å². The normalized spacial score (nSPS) is 10.7. The number of rotatable bonds is 5. The molecule has 1 aromatic carbocycles. The number of carbonyl (C=O) groups excluding carboxylic acids is 1. The number of nitriles is 1. The van der Waals surface area contributed by atoms with Crippen LogP contribution in [0, 0.1) is 18.3 Å². The summed E-state index contributed by atoms with van der Waals surface area (Å²) in [7, 11) is 0. The van der Waals surface area contributed by atoms with Gasteiger partial charge in [0.2, 0.25) is 11.7 Å². The molecule has 0 saturated carbocycles. The van der Waals surface area contributed by atoms with Crippen LogP contribution in [-0.4, -0.2) is 20.7 Å². The number of esters is 1. The topological polar surface area (TPSA) is 107 Å². The van der Waals surface area contributed by atoms with Crippen molar-refractivity contribution in [3.8, 4) is 23.3 Å². The number of nitrogens with zero attached hydrogens (tertiary/aromatic N) is 4. The highest BCUT2D eigenvalue weighted by Crippen LogP contribution is 2.26. The van der Waals surface area contributed by atoms with Gasteiger partial charge in [0.05, 0.1) is 0 Å². The van der Waals surface area contributed by atoms with E-state index in [0.717, 1.165) is 0 Å². The van der Waals surface area contributed by atoms with Crippen molar-refractivity contribution in [3.05, 3.63) is 76.6 Å². The van der Waals surface area contributed by atoms with Crippen molar-refractivity contribution < 1.29 is 18.5 Å². The molecule has 3 heterocycles. The van der Waals surface area contributed by atoms with Crippen LogP contribution in [0.25, 0.3) is 17.3 Å². The van der Waals surface area contributed by atoms with Crippen molar-refractivity contribution in [2.45, 2.75) is 13.5 Å². The van der Waals surface area contributed by atoms with E-state index < -0.39 is 5.97 Å². The molecule has 0 amide bonds. The zero-order valence-electron chi connectivity index (χ0n) is 15.1. The average Bonchev–Trinajstić information content (AvgIpc) is 3.45. The number of aromatic nitrogens is 3. The summed E-state index contributed by atoms with van der Waals surface area (Å²) in [6.45, 7) is 1.34. The molecule has 4 aromatic rings. The number of carbonyl (C=O) groups is 1. The lowest BCUT2D eigenvalue weighted by atomic mass is 10.1. The number of furan rings is 1. The van der Waals surface area contributed by atoms with Gasteiger partial charge in [0.15, 0.2) is 6.61 Å². The Labute approximate surface area is 169 Å². The van der Waals surface area contributed by atoms with Gasteiger partial charge >= 0.3 is 5.97 Å². The Bertz CT molecular complexity index is 1220. The van der Waals surface area contributed by atoms with Crippen LogP contribution in [0.2, 0.25) is 5.02 Å². The molecule has 0 aliphatic rings. The van der Waals surface area contributed by atoms with Crippen LogP contribution in [0.4, 0.5) is 0 Å². The molecule has 8 nitrogen and oxygen atoms in total. The molecule has 0 aliphatic heterocycles. The Balaban J connectivity index is 1.52. The number of hydrogen-bond acceptors (Lipinski definition) is 7. The number of halogens is 1. The molecule has 0 radical (unpaired) electrons. The molecule has 0 spiro atoms. The molecule has 4 rings (SSSR count). The third kappa shape index (κ3) is 3.63. The summed E-state index contributed by atoms with van der Waals surface area (Å²) in [5, 5.41) is 13.9. The van der Waals surface area contributed by atoms with Gasteiger partial charge in [0.1, 0.15) is 23.0 Å². The molecule has 3 aromatic heterocycles. The lowest BCUT2D eigenvalue weighted by molar-refractivity contribution is 0.0427. The second kappa shape index (κ2) is 7.66. The SMILES string of the molecule is Cc1oc(-n2cccc2)c(C#N)c1C(=O)OCc1nc(-c2cccc(Cl)c2)no1. The standard InChI is InChI=1S/C20H13ClN4O4/c1-12-17(15(10-22)19(28-12)25-7-2-3-8-25)20(26)27-11-16-23-18(24-29-16)13-5-4-6-14(21)9-13/h2-9H,11H2,1H3. The monoisotopic (exact) mass is 408 g/mol. The van der Waals surface area contributed by atoms with E-state index in [0.29, 0.717) is 16.4 Å². The van der Waals surface area contributed by atoms with Gasteiger partial charge in [0.25, 0.3) is 5.89 Å². The molecule has 144 valence electrons. The number of benzene rings is 1. The van der Waals surface area contributed by atoms with E-state index in [1.165, 1.54) is 0 Å². The van der Waals surface area contributed by atoms with Gasteiger partial charge in [-0.2, -0.15) is 10.2 Å². The van der Waals surface area contributed by atoms with Crippen molar-refractivity contribution in [1.82, 2.24) is 14.7 Å². The Morgan fingerprint density at radius 2 is 2.10 bits per heavy atom. The largest absolute Gasteiger partial charge is 0.452 e. The summed E-state index contributed by atoms with van der Waals surface area (Å²) >= 11 is 5.96. The lowest BCUT2D eigenvalue weighted by Gasteiger charge is -2.01. The van der Waals surface area contributed by atoms with Crippen molar-refractivity contribution >= 4 is 17.6 Å². The van der Waals surface area contributed by atoms with Crippen LogP contribution in [0.3, 0.4) is 0 Å². The average molecular weight is 409 g/mol. The maximum absolute atomic E-state index is 12.6. The third-order valence-electron chi connectivity index (χ3n) is 4.10. The Kier molecular flexibility index (Phi) is 4.89. The summed E-state index contributed by atoms with van der Waals surface area (Å²) in [6, 6.07) is 12.5. The minimum atomic E-state index is -0.719. The molecular weight excluding hydrogens is 396 g/mol. The fraction of sp³-hybridized carbons (Fsp3) is 0.100. The van der Waals surface area contributed by atoms with Gasteiger partial charge in [-0.05, 0) is 31.2 Å². The van der Waals surface area contributed by atoms with Gasteiger partial charge in [-0.3, -0.25) is 4.57 Å². The van der Waals surface area contributed by atoms with E-state index >= 15 is 0 Å². The number of hydrogen-bond donors (Lipinski definition) is 0. The van der Waals surface area contributed by atoms with E-state index in [9.17, 15) is 10.1 Å². The third-order valence-corrected chi connectivity index (χ3v) is 4.33. The number of ether oxygens (including phenoxy) is 1. The first-order valence-electron chi connectivity index (χ1n) is 8.49. The van der Waals surface area contributed by atoms with E-state index in [2.05, 4.69) is 10.1 Å². The maximum atomic E-state index is 12.6. The first kappa shape index (κ1) is 18.5. The fourth-order valence-electron chi connectivity index (χ4n) is 2.79. The molecule has 0 atom stereocenters. The molecule has 0 aliphatic carbocycles. The summed E-state index contributed by atoms with van der Waals surface area (Å²) in [4.78, 5) is 16.8. The van der Waals surface area contributed by atoms with Crippen LogP contribution in [0.1, 0.15) is 27.6 Å². The Morgan fingerprint density at radius 3 is 2.83 bits per heavy atom. The lowest BCUT2D eigenvalue weighted by Crippen LogP contribution is -2.08. The summed E-state index contributed by atoms with van der Waals surface area (Å²) in [5.41, 5.74) is 0.826. The van der Waals surface area contributed by atoms with E-state index in [1.807, 2.05) is 6.07 Å². The first-order valence-corrected chi connectivity index (χ1v) is 8.87. The maximum Gasteiger partial charge on any atom is 0.343 e. The van der Waals surface area contributed by atoms with Crippen molar-refractivity contribution in [3.63, 3.8) is 0 Å². The molecule has 9 heteroatoms. The fourth-order valence-corrected chi connectivity index (χ4v) is 2.98. The first-order chi connectivity index (χ1) is 14.1. The predicted molar refractivity (Wildman–Crippen MR) is 101 cm³/mol. The van der Waals surface area contributed by atoms with Crippen molar-refractivity contribution in [1.29, 1.82) is 5.26 Å². The summed E-state index contributed by atoms with van der Waals surface area (Å²) < 4.78 is 17.6. The highest BCUT2D eigenvalue weighted by Gasteiger charge is 2.26. The smallest absolute Gasteiger partial charge is 0.343 e. The molecule has 29 heavy (non-hydrogen) atoms. The molecule has 0 bridgehead atoms. The summed E-state index contributed by atoms with van der Waals surface area (Å²) in [5.74, 6) is 0.247. The molecular formula is C20H13ClN4O4. The van der Waals surface area contributed by atoms with Crippen LogP contribution < -0.4 is 0 Å². The van der Waals surface area contributed by atoms with Crippen LogP contribution in [0.15, 0.2) is 57.7 Å². The van der Waals surface area contributed by atoms with Gasteiger partial charge < -0.3 is 13.7 Å². The quantitative estimate of drug-likeness (QED) is 0.453. The van der Waals surface area contributed by atoms with Crippen molar-refractivity contribution in [2.24, 2.45) is 0 Å².